The number of carbonyl (C=O) groups excluding carboxylic acids is 1. The van der Waals surface area contributed by atoms with E-state index in [1.807, 2.05) is 6.92 Å². The van der Waals surface area contributed by atoms with E-state index in [4.69, 9.17) is 4.74 Å². The van der Waals surface area contributed by atoms with Crippen LogP contribution in [0.4, 0.5) is 8.78 Å². The maximum Gasteiger partial charge on any atom is 0.262 e. The molecule has 1 amide bonds. The normalized spacial score (nSPS) is 32.8. The van der Waals surface area contributed by atoms with E-state index in [1.54, 1.807) is 4.90 Å². The highest BCUT2D eigenvalue weighted by Crippen LogP contribution is 2.26. The molecule has 0 bridgehead atoms. The number of hydrogen-bond acceptors (Lipinski definition) is 3. The Morgan fingerprint density at radius 1 is 1.59 bits per heavy atom. The van der Waals surface area contributed by atoms with Crippen LogP contribution in [0.3, 0.4) is 0 Å². The summed E-state index contributed by atoms with van der Waals surface area (Å²) < 4.78 is 31.5. The Bertz CT molecular complexity index is 299. The van der Waals surface area contributed by atoms with Gasteiger partial charge in [0, 0.05) is 19.5 Å². The van der Waals surface area contributed by atoms with Crippen molar-refractivity contribution < 1.29 is 18.3 Å². The second kappa shape index (κ2) is 4.86. The van der Waals surface area contributed by atoms with Crippen molar-refractivity contribution >= 4 is 5.91 Å². The first-order chi connectivity index (χ1) is 8.02. The van der Waals surface area contributed by atoms with Crippen LogP contribution in [0.15, 0.2) is 0 Å². The number of rotatable bonds is 2. The van der Waals surface area contributed by atoms with E-state index in [0.29, 0.717) is 19.7 Å². The first-order valence-electron chi connectivity index (χ1n) is 6.03. The number of hydrogen-bond donors (Lipinski definition) is 1. The molecular weight excluding hydrogens is 230 g/mol. The summed E-state index contributed by atoms with van der Waals surface area (Å²) in [4.78, 5) is 13.7. The lowest BCUT2D eigenvalue weighted by atomic mass is 10.1. The van der Waals surface area contributed by atoms with Gasteiger partial charge in [0.1, 0.15) is 0 Å². The summed E-state index contributed by atoms with van der Waals surface area (Å²) in [6.45, 7) is 3.09. The number of alkyl halides is 2. The van der Waals surface area contributed by atoms with E-state index in [0.717, 1.165) is 6.42 Å². The molecule has 0 aromatic carbocycles. The van der Waals surface area contributed by atoms with E-state index in [-0.39, 0.29) is 18.4 Å². The zero-order valence-electron chi connectivity index (χ0n) is 9.92. The second-order valence-corrected chi connectivity index (χ2v) is 4.68. The van der Waals surface area contributed by atoms with Crippen LogP contribution in [-0.4, -0.2) is 55.1 Å². The van der Waals surface area contributed by atoms with Crippen molar-refractivity contribution in [3.05, 3.63) is 0 Å². The molecule has 0 radical (unpaired) electrons. The number of carbonyl (C=O) groups is 1. The minimum absolute atomic E-state index is 0.0367. The first kappa shape index (κ1) is 12.7. The topological polar surface area (TPSA) is 41.6 Å². The van der Waals surface area contributed by atoms with Gasteiger partial charge in [0.25, 0.3) is 5.92 Å². The lowest BCUT2D eigenvalue weighted by Crippen LogP contribution is -2.51. The largest absolute Gasteiger partial charge is 0.375 e. The number of nitrogens with one attached hydrogen (secondary N) is 1. The Morgan fingerprint density at radius 2 is 2.35 bits per heavy atom. The third-order valence-electron chi connectivity index (χ3n) is 3.31. The maximum absolute atomic E-state index is 13.0. The van der Waals surface area contributed by atoms with Gasteiger partial charge in [-0.25, -0.2) is 8.78 Å². The highest BCUT2D eigenvalue weighted by atomic mass is 19.3. The molecule has 2 saturated heterocycles. The highest BCUT2D eigenvalue weighted by molar-refractivity contribution is 5.82. The molecule has 0 aromatic heterocycles. The summed E-state index contributed by atoms with van der Waals surface area (Å²) in [7, 11) is 0. The quantitative estimate of drug-likeness (QED) is 0.779. The van der Waals surface area contributed by atoms with Crippen molar-refractivity contribution in [2.24, 2.45) is 0 Å². The summed E-state index contributed by atoms with van der Waals surface area (Å²) >= 11 is 0. The fourth-order valence-electron chi connectivity index (χ4n) is 2.28. The molecule has 2 unspecified atom stereocenters. The molecule has 2 aliphatic rings. The van der Waals surface area contributed by atoms with Crippen LogP contribution in [0.2, 0.25) is 0 Å². The molecule has 2 rings (SSSR count). The van der Waals surface area contributed by atoms with Crippen molar-refractivity contribution in [2.75, 3.05) is 26.2 Å². The third-order valence-corrected chi connectivity index (χ3v) is 3.31. The zero-order valence-corrected chi connectivity index (χ0v) is 9.92. The van der Waals surface area contributed by atoms with Gasteiger partial charge in [0.2, 0.25) is 5.91 Å². The molecule has 17 heavy (non-hydrogen) atoms. The zero-order chi connectivity index (χ0) is 12.5. The Kier molecular flexibility index (Phi) is 3.63. The number of halogens is 2. The van der Waals surface area contributed by atoms with Crippen LogP contribution in [0.1, 0.15) is 19.8 Å². The lowest BCUT2D eigenvalue weighted by Gasteiger charge is -2.34. The highest BCUT2D eigenvalue weighted by Gasteiger charge is 2.43. The fraction of sp³-hybridized carbons (Fsp3) is 0.909. The van der Waals surface area contributed by atoms with Crippen molar-refractivity contribution in [3.63, 3.8) is 0 Å². The van der Waals surface area contributed by atoms with Crippen molar-refractivity contribution in [1.82, 2.24) is 10.2 Å². The molecule has 6 heteroatoms. The minimum atomic E-state index is -2.75. The van der Waals surface area contributed by atoms with Gasteiger partial charge in [-0.15, -0.1) is 0 Å². The molecule has 0 aliphatic carbocycles. The Hall–Kier alpha value is -0.750. The number of amides is 1. The minimum Gasteiger partial charge on any atom is -0.375 e. The molecule has 0 saturated carbocycles. The summed E-state index contributed by atoms with van der Waals surface area (Å²) in [6, 6.07) is -0.736. The average Bonchev–Trinajstić information content (AvgIpc) is 2.69. The van der Waals surface area contributed by atoms with Gasteiger partial charge in [0.15, 0.2) is 0 Å². The predicted octanol–water partition coefficient (Wildman–Crippen LogP) is 0.621. The Morgan fingerprint density at radius 3 is 2.94 bits per heavy atom. The second-order valence-electron chi connectivity index (χ2n) is 4.68. The molecule has 98 valence electrons. The Balaban J connectivity index is 1.91. The first-order valence-corrected chi connectivity index (χ1v) is 6.03. The summed E-state index contributed by atoms with van der Waals surface area (Å²) in [6.07, 6.45) is 0.479. The molecule has 2 aliphatic heterocycles. The molecule has 2 atom stereocenters. The van der Waals surface area contributed by atoms with Crippen LogP contribution in [0.25, 0.3) is 0 Å². The fourth-order valence-corrected chi connectivity index (χ4v) is 2.28. The monoisotopic (exact) mass is 248 g/mol. The van der Waals surface area contributed by atoms with Crippen LogP contribution < -0.4 is 5.32 Å². The molecule has 0 aromatic rings. The van der Waals surface area contributed by atoms with E-state index in [2.05, 4.69) is 5.32 Å². The molecular formula is C11H18F2N2O2. The van der Waals surface area contributed by atoms with Gasteiger partial charge in [-0.1, -0.05) is 6.92 Å². The third kappa shape index (κ3) is 2.93. The predicted molar refractivity (Wildman–Crippen MR) is 58.0 cm³/mol. The number of nitrogens with zero attached hydrogens (tertiary/aromatic N) is 1. The van der Waals surface area contributed by atoms with E-state index in [9.17, 15) is 13.6 Å². The van der Waals surface area contributed by atoms with Crippen LogP contribution in [0.5, 0.6) is 0 Å². The average molecular weight is 248 g/mol. The maximum atomic E-state index is 13.0. The van der Waals surface area contributed by atoms with E-state index >= 15 is 0 Å². The summed E-state index contributed by atoms with van der Waals surface area (Å²) in [5.74, 6) is -2.97. The number of morpholine rings is 1. The molecule has 4 nitrogen and oxygen atoms in total. The Labute approximate surface area is 99.3 Å². The van der Waals surface area contributed by atoms with Gasteiger partial charge in [-0.05, 0) is 6.42 Å². The molecule has 2 heterocycles. The van der Waals surface area contributed by atoms with E-state index < -0.39 is 18.5 Å². The standard InChI is InChI=1S/C11H18F2N2O2/c1-2-8-6-15(3-4-17-8)10(16)9-5-11(12,13)7-14-9/h8-9,14H,2-7H2,1H3. The lowest BCUT2D eigenvalue weighted by molar-refractivity contribution is -0.141. The SMILES string of the molecule is CCC1CN(C(=O)C2CC(F)(F)CN2)CCO1. The van der Waals surface area contributed by atoms with Gasteiger partial charge < -0.3 is 9.64 Å². The van der Waals surface area contributed by atoms with Crippen LogP contribution >= 0.6 is 0 Å². The van der Waals surface area contributed by atoms with Gasteiger partial charge in [0.05, 0.1) is 25.3 Å². The molecule has 1 N–H and O–H groups in total. The van der Waals surface area contributed by atoms with Gasteiger partial charge in [-0.2, -0.15) is 0 Å². The van der Waals surface area contributed by atoms with Crippen molar-refractivity contribution in [1.29, 1.82) is 0 Å². The van der Waals surface area contributed by atoms with Crippen LogP contribution in [-0.2, 0) is 9.53 Å². The summed E-state index contributed by atoms with van der Waals surface area (Å²) in [5, 5.41) is 2.59. The van der Waals surface area contributed by atoms with Gasteiger partial charge in [-0.3, -0.25) is 10.1 Å². The van der Waals surface area contributed by atoms with Crippen LogP contribution in [0, 0.1) is 0 Å². The molecule has 0 spiro atoms. The summed E-state index contributed by atoms with van der Waals surface area (Å²) in [5.41, 5.74) is 0. The molecule has 2 fully saturated rings. The van der Waals surface area contributed by atoms with Crippen molar-refractivity contribution in [2.45, 2.75) is 37.8 Å². The van der Waals surface area contributed by atoms with E-state index in [1.165, 1.54) is 0 Å². The smallest absolute Gasteiger partial charge is 0.262 e. The van der Waals surface area contributed by atoms with Crippen molar-refractivity contribution in [3.8, 4) is 0 Å². The number of ether oxygens (including phenoxy) is 1. The van der Waals surface area contributed by atoms with Gasteiger partial charge >= 0.3 is 0 Å².